The lowest BCUT2D eigenvalue weighted by Gasteiger charge is -2.17. The molecule has 4 nitrogen and oxygen atoms in total. The summed E-state index contributed by atoms with van der Waals surface area (Å²) in [5, 5.41) is 3.71. The van der Waals surface area contributed by atoms with Crippen molar-refractivity contribution in [3.63, 3.8) is 0 Å². The average Bonchev–Trinajstić information content (AvgIpc) is 2.36. The lowest BCUT2D eigenvalue weighted by Crippen LogP contribution is -2.03. The van der Waals surface area contributed by atoms with Gasteiger partial charge in [-0.3, -0.25) is 0 Å². The Balaban J connectivity index is 3.24. The van der Waals surface area contributed by atoms with Crippen molar-refractivity contribution in [1.29, 1.82) is 0 Å². The third-order valence-electron chi connectivity index (χ3n) is 2.33. The van der Waals surface area contributed by atoms with Crippen LogP contribution in [0.1, 0.15) is 13.3 Å². The average molecular weight is 260 g/mol. The molecule has 0 aromatic heterocycles. The van der Waals surface area contributed by atoms with Gasteiger partial charge in [0.05, 0.1) is 27.0 Å². The van der Waals surface area contributed by atoms with Crippen molar-refractivity contribution < 1.29 is 14.2 Å². The van der Waals surface area contributed by atoms with Crippen molar-refractivity contribution in [2.24, 2.45) is 0 Å². The minimum absolute atomic E-state index is 0.479. The number of methoxy groups -OCH3 is 3. The quantitative estimate of drug-likeness (QED) is 0.852. The number of hydrogen-bond donors (Lipinski definition) is 1. The molecule has 5 heteroatoms. The number of rotatable bonds is 6. The molecule has 0 fully saturated rings. The second-order valence-corrected chi connectivity index (χ2v) is 3.81. The fourth-order valence-corrected chi connectivity index (χ4v) is 1.79. The van der Waals surface area contributed by atoms with E-state index in [2.05, 4.69) is 12.2 Å². The maximum Gasteiger partial charge on any atom is 0.205 e. The highest BCUT2D eigenvalue weighted by Crippen LogP contribution is 2.46. The Bertz CT molecular complexity index is 383. The van der Waals surface area contributed by atoms with Gasteiger partial charge in [-0.1, -0.05) is 18.5 Å². The third kappa shape index (κ3) is 2.88. The van der Waals surface area contributed by atoms with E-state index in [1.54, 1.807) is 27.4 Å². The Hall–Kier alpha value is -1.29. The summed E-state index contributed by atoms with van der Waals surface area (Å²) in [5.74, 6) is 1.57. The second kappa shape index (κ2) is 6.45. The first-order valence-electron chi connectivity index (χ1n) is 5.41. The fourth-order valence-electron chi connectivity index (χ4n) is 1.51. The van der Waals surface area contributed by atoms with Crippen molar-refractivity contribution in [3.05, 3.63) is 11.1 Å². The summed E-state index contributed by atoms with van der Waals surface area (Å²) in [7, 11) is 4.68. The smallest absolute Gasteiger partial charge is 0.205 e. The van der Waals surface area contributed by atoms with Gasteiger partial charge in [0.15, 0.2) is 11.5 Å². The summed E-state index contributed by atoms with van der Waals surface area (Å²) in [4.78, 5) is 0. The SMILES string of the molecule is CCCNc1cc(OC)c(OC)c(OC)c1Cl. The first-order valence-corrected chi connectivity index (χ1v) is 5.79. The number of benzene rings is 1. The molecule has 96 valence electrons. The molecule has 0 aliphatic carbocycles. The molecular weight excluding hydrogens is 242 g/mol. The summed E-state index contributed by atoms with van der Waals surface area (Å²) in [6.07, 6.45) is 1.01. The van der Waals surface area contributed by atoms with Gasteiger partial charge in [0, 0.05) is 12.6 Å². The molecule has 17 heavy (non-hydrogen) atoms. The summed E-state index contributed by atoms with van der Waals surface area (Å²) < 4.78 is 15.7. The Morgan fingerprint density at radius 2 is 1.76 bits per heavy atom. The summed E-state index contributed by atoms with van der Waals surface area (Å²) in [6, 6.07) is 1.80. The molecule has 0 amide bonds. The van der Waals surface area contributed by atoms with E-state index in [1.807, 2.05) is 0 Å². The predicted molar refractivity (Wildman–Crippen MR) is 69.9 cm³/mol. The summed E-state index contributed by atoms with van der Waals surface area (Å²) in [5.41, 5.74) is 0.781. The Kier molecular flexibility index (Phi) is 5.22. The molecule has 1 N–H and O–H groups in total. The van der Waals surface area contributed by atoms with Crippen LogP contribution in [0.25, 0.3) is 0 Å². The van der Waals surface area contributed by atoms with Crippen LogP contribution in [0.2, 0.25) is 5.02 Å². The molecule has 0 saturated heterocycles. The number of hydrogen-bond acceptors (Lipinski definition) is 4. The minimum atomic E-state index is 0.479. The highest BCUT2D eigenvalue weighted by atomic mass is 35.5. The molecule has 0 unspecified atom stereocenters. The lowest BCUT2D eigenvalue weighted by molar-refractivity contribution is 0.325. The van der Waals surface area contributed by atoms with Gasteiger partial charge in [-0.2, -0.15) is 0 Å². The van der Waals surface area contributed by atoms with E-state index in [9.17, 15) is 0 Å². The van der Waals surface area contributed by atoms with Gasteiger partial charge in [0.1, 0.15) is 5.02 Å². The normalized spacial score (nSPS) is 9.94. The van der Waals surface area contributed by atoms with E-state index in [0.717, 1.165) is 18.7 Å². The van der Waals surface area contributed by atoms with Crippen LogP contribution in [0.4, 0.5) is 5.69 Å². The van der Waals surface area contributed by atoms with Gasteiger partial charge < -0.3 is 19.5 Å². The zero-order chi connectivity index (χ0) is 12.8. The lowest BCUT2D eigenvalue weighted by atomic mass is 10.2. The highest BCUT2D eigenvalue weighted by Gasteiger charge is 2.18. The number of nitrogens with one attached hydrogen (secondary N) is 1. The van der Waals surface area contributed by atoms with Crippen LogP contribution in [0, 0.1) is 0 Å². The Labute approximate surface area is 107 Å². The molecular formula is C12H18ClNO3. The van der Waals surface area contributed by atoms with Crippen molar-refractivity contribution >= 4 is 17.3 Å². The topological polar surface area (TPSA) is 39.7 Å². The number of ether oxygens (including phenoxy) is 3. The predicted octanol–water partition coefficient (Wildman–Crippen LogP) is 3.19. The van der Waals surface area contributed by atoms with Gasteiger partial charge >= 0.3 is 0 Å². The molecule has 0 aliphatic heterocycles. The Morgan fingerprint density at radius 1 is 1.12 bits per heavy atom. The van der Waals surface area contributed by atoms with Crippen molar-refractivity contribution in [3.8, 4) is 17.2 Å². The van der Waals surface area contributed by atoms with Gasteiger partial charge in [0.25, 0.3) is 0 Å². The van der Waals surface area contributed by atoms with Crippen LogP contribution in [0.3, 0.4) is 0 Å². The van der Waals surface area contributed by atoms with E-state index in [1.165, 1.54) is 0 Å². The third-order valence-corrected chi connectivity index (χ3v) is 2.71. The molecule has 0 radical (unpaired) electrons. The zero-order valence-electron chi connectivity index (χ0n) is 10.6. The van der Waals surface area contributed by atoms with E-state index in [4.69, 9.17) is 25.8 Å². The molecule has 0 saturated carbocycles. The van der Waals surface area contributed by atoms with Crippen molar-refractivity contribution in [2.75, 3.05) is 33.2 Å². The van der Waals surface area contributed by atoms with E-state index < -0.39 is 0 Å². The molecule has 1 aromatic carbocycles. The molecule has 0 aliphatic rings. The Morgan fingerprint density at radius 3 is 2.24 bits per heavy atom. The molecule has 1 aromatic rings. The monoisotopic (exact) mass is 259 g/mol. The molecule has 0 spiro atoms. The summed E-state index contributed by atoms with van der Waals surface area (Å²) >= 11 is 6.23. The second-order valence-electron chi connectivity index (χ2n) is 3.43. The first kappa shape index (κ1) is 13.8. The largest absolute Gasteiger partial charge is 0.493 e. The van der Waals surface area contributed by atoms with E-state index in [-0.39, 0.29) is 0 Å². The maximum absolute atomic E-state index is 6.23. The molecule has 0 heterocycles. The van der Waals surface area contributed by atoms with Crippen LogP contribution in [-0.2, 0) is 0 Å². The van der Waals surface area contributed by atoms with Crippen LogP contribution in [-0.4, -0.2) is 27.9 Å². The van der Waals surface area contributed by atoms with Gasteiger partial charge in [-0.15, -0.1) is 0 Å². The fraction of sp³-hybridized carbons (Fsp3) is 0.500. The van der Waals surface area contributed by atoms with E-state index >= 15 is 0 Å². The highest BCUT2D eigenvalue weighted by molar-refractivity contribution is 6.35. The van der Waals surface area contributed by atoms with Crippen LogP contribution < -0.4 is 19.5 Å². The van der Waals surface area contributed by atoms with Gasteiger partial charge in [-0.05, 0) is 6.42 Å². The molecule has 0 atom stereocenters. The molecule has 0 bridgehead atoms. The zero-order valence-corrected chi connectivity index (χ0v) is 11.4. The maximum atomic E-state index is 6.23. The first-order chi connectivity index (χ1) is 8.19. The van der Waals surface area contributed by atoms with Gasteiger partial charge in [0.2, 0.25) is 5.75 Å². The summed E-state index contributed by atoms with van der Waals surface area (Å²) in [6.45, 7) is 2.91. The van der Waals surface area contributed by atoms with Crippen LogP contribution >= 0.6 is 11.6 Å². The van der Waals surface area contributed by atoms with Crippen LogP contribution in [0.5, 0.6) is 17.2 Å². The minimum Gasteiger partial charge on any atom is -0.493 e. The number of halogens is 1. The standard InChI is InChI=1S/C12H18ClNO3/c1-5-6-14-8-7-9(15-2)11(16-3)12(17-4)10(8)13/h7,14H,5-6H2,1-4H3. The number of anilines is 1. The van der Waals surface area contributed by atoms with E-state index in [0.29, 0.717) is 22.3 Å². The van der Waals surface area contributed by atoms with Gasteiger partial charge in [-0.25, -0.2) is 0 Å². The van der Waals surface area contributed by atoms with Crippen molar-refractivity contribution in [1.82, 2.24) is 0 Å². The molecule has 1 rings (SSSR count). The van der Waals surface area contributed by atoms with Crippen molar-refractivity contribution in [2.45, 2.75) is 13.3 Å². The van der Waals surface area contributed by atoms with Crippen LogP contribution in [0.15, 0.2) is 6.07 Å².